The van der Waals surface area contributed by atoms with Crippen LogP contribution in [0.5, 0.6) is 0 Å². The standard InChI is InChI=1S/C15H22N4O2/c1-18-7-12-8-19(9-14(18)11-21-10-12)15(20)3-2-13-6-16-4-5-17-13/h4-6,12,14H,2-3,7-11H2,1H3/t12-,14+/m1/s1. The van der Waals surface area contributed by atoms with E-state index in [9.17, 15) is 4.79 Å². The summed E-state index contributed by atoms with van der Waals surface area (Å²) >= 11 is 0. The predicted octanol–water partition coefficient (Wildman–Crippen LogP) is 0.198. The molecule has 21 heavy (non-hydrogen) atoms. The van der Waals surface area contributed by atoms with Gasteiger partial charge in [-0.1, -0.05) is 0 Å². The van der Waals surface area contributed by atoms with E-state index in [1.807, 2.05) is 4.90 Å². The highest BCUT2D eigenvalue weighted by molar-refractivity contribution is 5.76. The van der Waals surface area contributed by atoms with E-state index in [1.54, 1.807) is 18.6 Å². The largest absolute Gasteiger partial charge is 0.379 e. The average Bonchev–Trinajstić information content (AvgIpc) is 2.74. The van der Waals surface area contributed by atoms with Gasteiger partial charge >= 0.3 is 0 Å². The molecule has 0 spiro atoms. The molecule has 114 valence electrons. The van der Waals surface area contributed by atoms with E-state index in [4.69, 9.17) is 4.74 Å². The maximum atomic E-state index is 12.5. The first-order valence-electron chi connectivity index (χ1n) is 7.53. The van der Waals surface area contributed by atoms with Crippen LogP contribution >= 0.6 is 0 Å². The highest BCUT2D eigenvalue weighted by Gasteiger charge is 2.32. The molecule has 2 fully saturated rings. The molecule has 0 N–H and O–H groups in total. The molecule has 2 aliphatic rings. The summed E-state index contributed by atoms with van der Waals surface area (Å²) < 4.78 is 5.69. The SMILES string of the molecule is CN1C[C@H]2COC[C@@H]1CN(C(=O)CCc1cnccn1)C2. The van der Waals surface area contributed by atoms with Gasteiger partial charge in [-0.25, -0.2) is 0 Å². The highest BCUT2D eigenvalue weighted by Crippen LogP contribution is 2.19. The lowest BCUT2D eigenvalue weighted by Gasteiger charge is -2.29. The number of likely N-dealkylation sites (N-methyl/N-ethyl adjacent to an activating group) is 1. The van der Waals surface area contributed by atoms with Crippen molar-refractivity contribution >= 4 is 5.91 Å². The molecule has 0 saturated carbocycles. The molecule has 1 aromatic heterocycles. The normalized spacial score (nSPS) is 26.4. The maximum absolute atomic E-state index is 12.5. The molecule has 2 saturated heterocycles. The summed E-state index contributed by atoms with van der Waals surface area (Å²) in [5, 5.41) is 0. The van der Waals surface area contributed by atoms with Crippen molar-refractivity contribution in [3.05, 3.63) is 24.3 Å². The van der Waals surface area contributed by atoms with Gasteiger partial charge in [-0.2, -0.15) is 0 Å². The molecule has 6 nitrogen and oxygen atoms in total. The second kappa shape index (κ2) is 6.49. The van der Waals surface area contributed by atoms with Crippen LogP contribution in [-0.2, 0) is 16.0 Å². The Kier molecular flexibility index (Phi) is 4.45. The lowest BCUT2D eigenvalue weighted by atomic mass is 10.1. The van der Waals surface area contributed by atoms with E-state index < -0.39 is 0 Å². The molecule has 2 bridgehead atoms. The second-order valence-corrected chi connectivity index (χ2v) is 5.99. The Labute approximate surface area is 125 Å². The fourth-order valence-corrected chi connectivity index (χ4v) is 3.11. The van der Waals surface area contributed by atoms with Gasteiger partial charge < -0.3 is 9.64 Å². The fraction of sp³-hybridized carbons (Fsp3) is 0.667. The second-order valence-electron chi connectivity index (χ2n) is 5.99. The number of fused-ring (bicyclic) bond motifs is 3. The Morgan fingerprint density at radius 1 is 1.33 bits per heavy atom. The van der Waals surface area contributed by atoms with Crippen molar-refractivity contribution in [2.24, 2.45) is 5.92 Å². The monoisotopic (exact) mass is 290 g/mol. The summed E-state index contributed by atoms with van der Waals surface area (Å²) in [4.78, 5) is 25.1. The first-order chi connectivity index (χ1) is 10.2. The zero-order chi connectivity index (χ0) is 14.7. The van der Waals surface area contributed by atoms with Crippen molar-refractivity contribution in [1.29, 1.82) is 0 Å². The molecule has 0 aliphatic carbocycles. The van der Waals surface area contributed by atoms with Crippen LogP contribution < -0.4 is 0 Å². The van der Waals surface area contributed by atoms with E-state index in [2.05, 4.69) is 21.9 Å². The zero-order valence-corrected chi connectivity index (χ0v) is 12.4. The van der Waals surface area contributed by atoms with Gasteiger partial charge in [0.25, 0.3) is 0 Å². The van der Waals surface area contributed by atoms with Crippen LogP contribution in [0.25, 0.3) is 0 Å². The van der Waals surface area contributed by atoms with Crippen molar-refractivity contribution in [3.8, 4) is 0 Å². The molecular weight excluding hydrogens is 268 g/mol. The third-order valence-corrected chi connectivity index (χ3v) is 4.31. The molecule has 1 amide bonds. The van der Waals surface area contributed by atoms with Crippen LogP contribution in [-0.4, -0.2) is 71.6 Å². The maximum Gasteiger partial charge on any atom is 0.223 e. The molecular formula is C15H22N4O2. The van der Waals surface area contributed by atoms with E-state index in [0.717, 1.165) is 38.5 Å². The number of nitrogens with zero attached hydrogens (tertiary/aromatic N) is 4. The van der Waals surface area contributed by atoms with Gasteiger partial charge in [0.2, 0.25) is 5.91 Å². The fourth-order valence-electron chi connectivity index (χ4n) is 3.11. The van der Waals surface area contributed by atoms with Crippen molar-refractivity contribution in [3.63, 3.8) is 0 Å². The minimum atomic E-state index is 0.216. The molecule has 1 aromatic rings. The smallest absolute Gasteiger partial charge is 0.223 e. The first-order valence-corrected chi connectivity index (χ1v) is 7.53. The molecule has 0 unspecified atom stereocenters. The summed E-state index contributed by atoms with van der Waals surface area (Å²) in [6.45, 7) is 4.07. The molecule has 3 rings (SSSR count). The number of hydrogen-bond acceptors (Lipinski definition) is 5. The molecule has 6 heteroatoms. The molecule has 0 aromatic carbocycles. The van der Waals surface area contributed by atoms with Crippen LogP contribution in [0, 0.1) is 5.92 Å². The minimum absolute atomic E-state index is 0.216. The van der Waals surface area contributed by atoms with E-state index in [0.29, 0.717) is 24.8 Å². The number of carbonyl (C=O) groups excluding carboxylic acids is 1. The number of ether oxygens (including phenoxy) is 1. The third kappa shape index (κ3) is 3.57. The quantitative estimate of drug-likeness (QED) is 0.796. The number of hydrogen-bond donors (Lipinski definition) is 0. The van der Waals surface area contributed by atoms with Gasteiger partial charge in [0.05, 0.1) is 24.9 Å². The van der Waals surface area contributed by atoms with E-state index >= 15 is 0 Å². The Bertz CT molecular complexity index is 482. The lowest BCUT2D eigenvalue weighted by molar-refractivity contribution is -0.133. The Morgan fingerprint density at radius 3 is 3.05 bits per heavy atom. The third-order valence-electron chi connectivity index (χ3n) is 4.31. The summed E-state index contributed by atoms with van der Waals surface area (Å²) in [7, 11) is 2.12. The first kappa shape index (κ1) is 14.4. The number of aryl methyl sites for hydroxylation is 1. The van der Waals surface area contributed by atoms with Gasteiger partial charge in [-0.05, 0) is 13.5 Å². The summed E-state index contributed by atoms with van der Waals surface area (Å²) in [5.74, 6) is 0.635. The number of amides is 1. The molecule has 0 radical (unpaired) electrons. The highest BCUT2D eigenvalue weighted by atomic mass is 16.5. The Balaban J connectivity index is 1.59. The summed E-state index contributed by atoms with van der Waals surface area (Å²) in [6, 6.07) is 0.318. The van der Waals surface area contributed by atoms with Crippen LogP contribution in [0.2, 0.25) is 0 Å². The van der Waals surface area contributed by atoms with Gasteiger partial charge in [-0.3, -0.25) is 19.7 Å². The number of rotatable bonds is 3. The van der Waals surface area contributed by atoms with Gasteiger partial charge in [-0.15, -0.1) is 0 Å². The minimum Gasteiger partial charge on any atom is -0.379 e. The Morgan fingerprint density at radius 2 is 2.24 bits per heavy atom. The van der Waals surface area contributed by atoms with Gasteiger partial charge in [0.15, 0.2) is 0 Å². The van der Waals surface area contributed by atoms with Crippen LogP contribution in [0.1, 0.15) is 12.1 Å². The average molecular weight is 290 g/mol. The van der Waals surface area contributed by atoms with Crippen molar-refractivity contribution in [2.75, 3.05) is 39.9 Å². The summed E-state index contributed by atoms with van der Waals surface area (Å²) in [5.41, 5.74) is 0.876. The van der Waals surface area contributed by atoms with E-state index in [1.165, 1.54) is 0 Å². The lowest BCUT2D eigenvalue weighted by Crippen LogP contribution is -2.44. The van der Waals surface area contributed by atoms with Crippen molar-refractivity contribution in [1.82, 2.24) is 19.8 Å². The van der Waals surface area contributed by atoms with Crippen LogP contribution in [0.3, 0.4) is 0 Å². The number of aromatic nitrogens is 2. The van der Waals surface area contributed by atoms with E-state index in [-0.39, 0.29) is 5.91 Å². The van der Waals surface area contributed by atoms with Crippen molar-refractivity contribution in [2.45, 2.75) is 18.9 Å². The van der Waals surface area contributed by atoms with Crippen LogP contribution in [0.15, 0.2) is 18.6 Å². The Hall–Kier alpha value is -1.53. The van der Waals surface area contributed by atoms with Gasteiger partial charge in [0, 0.05) is 50.6 Å². The van der Waals surface area contributed by atoms with Crippen molar-refractivity contribution < 1.29 is 9.53 Å². The summed E-state index contributed by atoms with van der Waals surface area (Å²) in [6.07, 6.45) is 6.21. The molecule has 2 atom stereocenters. The van der Waals surface area contributed by atoms with Gasteiger partial charge in [0.1, 0.15) is 0 Å². The van der Waals surface area contributed by atoms with Crippen LogP contribution in [0.4, 0.5) is 0 Å². The predicted molar refractivity (Wildman–Crippen MR) is 77.7 cm³/mol. The molecule has 3 heterocycles. The molecule has 2 aliphatic heterocycles. The zero-order valence-electron chi connectivity index (χ0n) is 12.4. The number of carbonyl (C=O) groups is 1. The topological polar surface area (TPSA) is 58.6 Å².